The standard InChI is InChI=1S/C14H20O2S/c1-3-12-5-7-13(8-6-12)11-17-10-9-14(15)16-4-2/h3,5-8,14-15H,1,4,9-11H2,2H3. The Morgan fingerprint density at radius 1 is 1.41 bits per heavy atom. The van der Waals surface area contributed by atoms with Gasteiger partial charge in [-0.05, 0) is 23.8 Å². The highest BCUT2D eigenvalue weighted by Crippen LogP contribution is 2.15. The van der Waals surface area contributed by atoms with Crippen molar-refractivity contribution in [3.63, 3.8) is 0 Å². The van der Waals surface area contributed by atoms with Crippen LogP contribution in [0.15, 0.2) is 30.8 Å². The van der Waals surface area contributed by atoms with Crippen LogP contribution in [0, 0.1) is 0 Å². The van der Waals surface area contributed by atoms with Crippen molar-refractivity contribution in [2.24, 2.45) is 0 Å². The number of aliphatic hydroxyl groups is 1. The quantitative estimate of drug-likeness (QED) is 0.568. The van der Waals surface area contributed by atoms with E-state index in [1.165, 1.54) is 5.56 Å². The molecule has 1 unspecified atom stereocenters. The van der Waals surface area contributed by atoms with Crippen LogP contribution in [0.5, 0.6) is 0 Å². The fourth-order valence-electron chi connectivity index (χ4n) is 1.40. The number of hydrogen-bond acceptors (Lipinski definition) is 3. The first-order chi connectivity index (χ1) is 8.26. The van der Waals surface area contributed by atoms with Crippen LogP contribution < -0.4 is 0 Å². The van der Waals surface area contributed by atoms with Gasteiger partial charge in [-0.25, -0.2) is 0 Å². The smallest absolute Gasteiger partial charge is 0.155 e. The third-order valence-corrected chi connectivity index (χ3v) is 3.41. The van der Waals surface area contributed by atoms with E-state index in [2.05, 4.69) is 30.8 Å². The molecule has 0 fully saturated rings. The molecule has 1 N–H and O–H groups in total. The van der Waals surface area contributed by atoms with E-state index in [0.717, 1.165) is 17.1 Å². The molecule has 0 saturated carbocycles. The Labute approximate surface area is 108 Å². The third-order valence-electron chi connectivity index (χ3n) is 2.35. The Morgan fingerprint density at radius 2 is 2.12 bits per heavy atom. The van der Waals surface area contributed by atoms with E-state index in [9.17, 15) is 5.11 Å². The lowest BCUT2D eigenvalue weighted by Crippen LogP contribution is -2.12. The van der Waals surface area contributed by atoms with Gasteiger partial charge in [0.15, 0.2) is 6.29 Å². The van der Waals surface area contributed by atoms with E-state index in [-0.39, 0.29) is 0 Å². The van der Waals surface area contributed by atoms with Crippen LogP contribution in [-0.2, 0) is 10.5 Å². The van der Waals surface area contributed by atoms with Gasteiger partial charge in [0.1, 0.15) is 0 Å². The minimum atomic E-state index is -0.615. The van der Waals surface area contributed by atoms with Gasteiger partial charge in [-0.2, -0.15) is 11.8 Å². The summed E-state index contributed by atoms with van der Waals surface area (Å²) in [6.07, 6.45) is 1.91. The molecule has 0 aliphatic carbocycles. The predicted octanol–water partition coefficient (Wildman–Crippen LogP) is 3.31. The SMILES string of the molecule is C=Cc1ccc(CSCCC(O)OCC)cc1. The largest absolute Gasteiger partial charge is 0.368 e. The summed E-state index contributed by atoms with van der Waals surface area (Å²) in [6, 6.07) is 8.36. The molecule has 1 atom stereocenters. The van der Waals surface area contributed by atoms with Crippen molar-refractivity contribution >= 4 is 17.8 Å². The summed E-state index contributed by atoms with van der Waals surface area (Å²) >= 11 is 1.81. The second-order valence-electron chi connectivity index (χ2n) is 3.70. The normalized spacial score (nSPS) is 12.4. The molecule has 1 rings (SSSR count). The zero-order valence-electron chi connectivity index (χ0n) is 10.3. The van der Waals surface area contributed by atoms with Gasteiger partial charge in [0, 0.05) is 18.8 Å². The highest BCUT2D eigenvalue weighted by Gasteiger charge is 2.02. The number of ether oxygens (including phenoxy) is 1. The second-order valence-corrected chi connectivity index (χ2v) is 4.80. The third kappa shape index (κ3) is 5.91. The Kier molecular flexibility index (Phi) is 7.01. The van der Waals surface area contributed by atoms with Crippen LogP contribution in [0.4, 0.5) is 0 Å². The van der Waals surface area contributed by atoms with Gasteiger partial charge in [-0.1, -0.05) is 36.9 Å². The van der Waals surface area contributed by atoms with Crippen LogP contribution >= 0.6 is 11.8 Å². The fourth-order valence-corrected chi connectivity index (χ4v) is 2.34. The van der Waals surface area contributed by atoms with Crippen molar-refractivity contribution in [3.05, 3.63) is 42.0 Å². The van der Waals surface area contributed by atoms with Gasteiger partial charge in [-0.3, -0.25) is 0 Å². The lowest BCUT2D eigenvalue weighted by Gasteiger charge is -2.09. The Bertz CT molecular complexity index is 321. The first-order valence-electron chi connectivity index (χ1n) is 5.85. The van der Waals surface area contributed by atoms with Crippen LogP contribution in [0.3, 0.4) is 0 Å². The van der Waals surface area contributed by atoms with Crippen LogP contribution in [0.2, 0.25) is 0 Å². The van der Waals surface area contributed by atoms with Crippen LogP contribution in [0.25, 0.3) is 6.08 Å². The van der Waals surface area contributed by atoms with Crippen molar-refractivity contribution in [1.29, 1.82) is 0 Å². The minimum Gasteiger partial charge on any atom is -0.368 e. The number of rotatable bonds is 8. The molecule has 0 aliphatic rings. The molecule has 0 aliphatic heterocycles. The summed E-state index contributed by atoms with van der Waals surface area (Å²) in [5.41, 5.74) is 2.44. The van der Waals surface area contributed by atoms with Crippen LogP contribution in [-0.4, -0.2) is 23.8 Å². The molecular weight excluding hydrogens is 232 g/mol. The lowest BCUT2D eigenvalue weighted by molar-refractivity contribution is -0.0946. The molecule has 94 valence electrons. The maximum Gasteiger partial charge on any atom is 0.155 e. The average Bonchev–Trinajstić information content (AvgIpc) is 2.36. The molecule has 0 amide bonds. The number of thioether (sulfide) groups is 1. The van der Waals surface area contributed by atoms with Gasteiger partial charge >= 0.3 is 0 Å². The number of aliphatic hydroxyl groups excluding tert-OH is 1. The molecule has 1 aromatic carbocycles. The number of benzene rings is 1. The Morgan fingerprint density at radius 3 is 2.71 bits per heavy atom. The Balaban J connectivity index is 2.19. The van der Waals surface area contributed by atoms with Gasteiger partial charge in [0.25, 0.3) is 0 Å². The summed E-state index contributed by atoms with van der Waals surface area (Å²) in [5, 5.41) is 9.37. The van der Waals surface area contributed by atoms with E-state index in [1.807, 2.05) is 24.8 Å². The molecule has 1 aromatic rings. The average molecular weight is 252 g/mol. The first kappa shape index (κ1) is 14.3. The van der Waals surface area contributed by atoms with Crippen LogP contribution in [0.1, 0.15) is 24.5 Å². The van der Waals surface area contributed by atoms with Gasteiger partial charge < -0.3 is 9.84 Å². The predicted molar refractivity (Wildman–Crippen MR) is 74.9 cm³/mol. The van der Waals surface area contributed by atoms with E-state index in [0.29, 0.717) is 13.0 Å². The summed E-state index contributed by atoms with van der Waals surface area (Å²) in [6.45, 7) is 6.18. The van der Waals surface area contributed by atoms with Crippen molar-refractivity contribution in [3.8, 4) is 0 Å². The fraction of sp³-hybridized carbons (Fsp3) is 0.429. The molecule has 2 nitrogen and oxygen atoms in total. The molecule has 0 bridgehead atoms. The van der Waals surface area contributed by atoms with Crippen molar-refractivity contribution < 1.29 is 9.84 Å². The van der Waals surface area contributed by atoms with Gasteiger partial charge in [0.05, 0.1) is 0 Å². The zero-order valence-corrected chi connectivity index (χ0v) is 11.1. The summed E-state index contributed by atoms with van der Waals surface area (Å²) < 4.78 is 5.06. The molecular formula is C14H20O2S. The molecule has 0 radical (unpaired) electrons. The number of hydrogen-bond donors (Lipinski definition) is 1. The van der Waals surface area contributed by atoms with Gasteiger partial charge in [0.2, 0.25) is 0 Å². The minimum absolute atomic E-state index is 0.564. The summed E-state index contributed by atoms with van der Waals surface area (Å²) in [7, 11) is 0. The maximum atomic E-state index is 9.37. The van der Waals surface area contributed by atoms with E-state index >= 15 is 0 Å². The summed E-state index contributed by atoms with van der Waals surface area (Å²) in [5.74, 6) is 1.88. The first-order valence-corrected chi connectivity index (χ1v) is 7.00. The molecule has 0 saturated heterocycles. The topological polar surface area (TPSA) is 29.5 Å². The van der Waals surface area contributed by atoms with E-state index in [4.69, 9.17) is 4.74 Å². The van der Waals surface area contributed by atoms with Crippen molar-refractivity contribution in [1.82, 2.24) is 0 Å². The van der Waals surface area contributed by atoms with Crippen molar-refractivity contribution in [2.45, 2.75) is 25.4 Å². The molecule has 0 aromatic heterocycles. The Hall–Kier alpha value is -0.770. The lowest BCUT2D eigenvalue weighted by atomic mass is 10.1. The van der Waals surface area contributed by atoms with Gasteiger partial charge in [-0.15, -0.1) is 0 Å². The zero-order chi connectivity index (χ0) is 12.5. The van der Waals surface area contributed by atoms with E-state index in [1.54, 1.807) is 0 Å². The van der Waals surface area contributed by atoms with Crippen molar-refractivity contribution in [2.75, 3.05) is 12.4 Å². The highest BCUT2D eigenvalue weighted by molar-refractivity contribution is 7.98. The molecule has 17 heavy (non-hydrogen) atoms. The molecule has 3 heteroatoms. The monoisotopic (exact) mass is 252 g/mol. The highest BCUT2D eigenvalue weighted by atomic mass is 32.2. The maximum absolute atomic E-state index is 9.37. The summed E-state index contributed by atoms with van der Waals surface area (Å²) in [4.78, 5) is 0. The molecule has 0 spiro atoms. The van der Waals surface area contributed by atoms with E-state index < -0.39 is 6.29 Å². The second kappa shape index (κ2) is 8.34. The molecule has 0 heterocycles.